The number of pyridine rings is 1. The standard InChI is InChI=1S/C18H12BrN2O/c19-15-10-14-8-4-5-9-16(14)21(12-15)17(11-20)18(22)13-6-2-1-3-7-13/h1-10,12,20H/q+1. The molecule has 0 aliphatic carbocycles. The molecule has 0 amide bonds. The average molecular weight is 352 g/mol. The second-order valence-electron chi connectivity index (χ2n) is 4.76. The summed E-state index contributed by atoms with van der Waals surface area (Å²) in [4.78, 5) is 12.7. The summed E-state index contributed by atoms with van der Waals surface area (Å²) in [6.07, 6.45) is 1.78. The van der Waals surface area contributed by atoms with E-state index in [0.717, 1.165) is 15.4 Å². The Bertz CT molecular complexity index is 913. The van der Waals surface area contributed by atoms with Crippen molar-refractivity contribution in [3.05, 3.63) is 76.9 Å². The fourth-order valence-corrected chi connectivity index (χ4v) is 2.80. The van der Waals surface area contributed by atoms with E-state index >= 15 is 0 Å². The van der Waals surface area contributed by atoms with E-state index in [-0.39, 0.29) is 11.5 Å². The normalized spacial score (nSPS) is 10.2. The molecule has 3 nitrogen and oxygen atoms in total. The number of Topliss-reactive ketones (excluding diaryl/α,β-unsaturated/α-hetero) is 1. The topological polar surface area (TPSA) is 44.8 Å². The second kappa shape index (κ2) is 6.06. The van der Waals surface area contributed by atoms with E-state index in [9.17, 15) is 4.79 Å². The van der Waals surface area contributed by atoms with Gasteiger partial charge in [-0.25, -0.2) is 0 Å². The molecular weight excluding hydrogens is 340 g/mol. The van der Waals surface area contributed by atoms with Crippen molar-refractivity contribution in [1.29, 1.82) is 5.41 Å². The third kappa shape index (κ3) is 2.62. The van der Waals surface area contributed by atoms with Gasteiger partial charge in [0.15, 0.2) is 6.20 Å². The number of aromatic nitrogens is 1. The first kappa shape index (κ1) is 14.4. The van der Waals surface area contributed by atoms with Crippen molar-refractivity contribution >= 4 is 44.2 Å². The molecule has 3 rings (SSSR count). The third-order valence-electron chi connectivity index (χ3n) is 3.35. The van der Waals surface area contributed by atoms with Crippen molar-refractivity contribution in [2.75, 3.05) is 0 Å². The number of ketones is 1. The Morgan fingerprint density at radius 2 is 1.73 bits per heavy atom. The van der Waals surface area contributed by atoms with Crippen LogP contribution in [-0.4, -0.2) is 11.7 Å². The Morgan fingerprint density at radius 1 is 1.05 bits per heavy atom. The SMILES string of the molecule is N=C=C(C(=O)c1ccccc1)[n+]1cc(Br)cc2ccccc21. The number of allylic oxidation sites excluding steroid dienone is 1. The van der Waals surface area contributed by atoms with Gasteiger partial charge in [0.2, 0.25) is 5.52 Å². The van der Waals surface area contributed by atoms with Gasteiger partial charge in [0.25, 0.3) is 5.78 Å². The lowest BCUT2D eigenvalue weighted by Crippen LogP contribution is -2.37. The third-order valence-corrected chi connectivity index (χ3v) is 3.79. The molecule has 0 saturated carbocycles. The van der Waals surface area contributed by atoms with Gasteiger partial charge in [0, 0.05) is 17.0 Å². The summed E-state index contributed by atoms with van der Waals surface area (Å²) in [5.41, 5.74) is 1.57. The minimum Gasteiger partial charge on any atom is -0.281 e. The molecule has 106 valence electrons. The van der Waals surface area contributed by atoms with Crippen LogP contribution in [0.1, 0.15) is 10.4 Å². The molecule has 1 N–H and O–H groups in total. The zero-order valence-corrected chi connectivity index (χ0v) is 13.2. The van der Waals surface area contributed by atoms with E-state index < -0.39 is 0 Å². The Labute approximate surface area is 136 Å². The number of para-hydroxylation sites is 1. The molecule has 2 aromatic carbocycles. The van der Waals surface area contributed by atoms with Crippen LogP contribution in [0.3, 0.4) is 0 Å². The molecule has 3 aromatic rings. The maximum atomic E-state index is 12.7. The molecule has 0 atom stereocenters. The van der Waals surface area contributed by atoms with Gasteiger partial charge in [-0.05, 0) is 28.1 Å². The van der Waals surface area contributed by atoms with Crippen LogP contribution in [0.5, 0.6) is 0 Å². The number of halogens is 1. The van der Waals surface area contributed by atoms with Crippen LogP contribution in [0.25, 0.3) is 16.6 Å². The van der Waals surface area contributed by atoms with E-state index in [4.69, 9.17) is 5.41 Å². The lowest BCUT2D eigenvalue weighted by Gasteiger charge is -2.03. The van der Waals surface area contributed by atoms with Gasteiger partial charge in [-0.15, -0.1) is 4.57 Å². The van der Waals surface area contributed by atoms with Gasteiger partial charge in [-0.3, -0.25) is 10.2 Å². The second-order valence-corrected chi connectivity index (χ2v) is 5.67. The summed E-state index contributed by atoms with van der Waals surface area (Å²) in [5, 5.41) is 8.56. The summed E-state index contributed by atoms with van der Waals surface area (Å²) in [6.45, 7) is 0. The first-order valence-electron chi connectivity index (χ1n) is 6.70. The largest absolute Gasteiger partial charge is 0.321 e. The first-order valence-corrected chi connectivity index (χ1v) is 7.50. The van der Waals surface area contributed by atoms with E-state index in [1.807, 2.05) is 36.4 Å². The number of carbonyl (C=O) groups excluding carboxylic acids is 1. The van der Waals surface area contributed by atoms with E-state index in [2.05, 4.69) is 21.8 Å². The van der Waals surface area contributed by atoms with Crippen LogP contribution in [0.2, 0.25) is 0 Å². The molecular formula is C18H12BrN2O+. The zero-order chi connectivity index (χ0) is 15.5. The molecule has 0 radical (unpaired) electrons. The van der Waals surface area contributed by atoms with Crippen LogP contribution < -0.4 is 4.57 Å². The summed E-state index contributed by atoms with van der Waals surface area (Å²) >= 11 is 3.45. The Kier molecular flexibility index (Phi) is 3.96. The first-order chi connectivity index (χ1) is 10.7. The molecule has 1 aromatic heterocycles. The van der Waals surface area contributed by atoms with Crippen molar-refractivity contribution in [2.24, 2.45) is 0 Å². The highest BCUT2D eigenvalue weighted by atomic mass is 79.9. The monoisotopic (exact) mass is 351 g/mol. The highest BCUT2D eigenvalue weighted by Crippen LogP contribution is 2.18. The Balaban J connectivity index is 2.21. The van der Waals surface area contributed by atoms with Crippen molar-refractivity contribution in [2.45, 2.75) is 0 Å². The van der Waals surface area contributed by atoms with Crippen LogP contribution in [-0.2, 0) is 0 Å². The van der Waals surface area contributed by atoms with Crippen molar-refractivity contribution < 1.29 is 9.36 Å². The average Bonchev–Trinajstić information content (AvgIpc) is 2.56. The van der Waals surface area contributed by atoms with Crippen molar-refractivity contribution in [3.8, 4) is 0 Å². The minimum atomic E-state index is -0.233. The number of nitrogens with zero attached hydrogens (tertiary/aromatic N) is 1. The molecule has 0 unspecified atom stereocenters. The smallest absolute Gasteiger partial charge is 0.281 e. The van der Waals surface area contributed by atoms with Gasteiger partial charge in [0.1, 0.15) is 0 Å². The van der Waals surface area contributed by atoms with Crippen molar-refractivity contribution in [1.82, 2.24) is 0 Å². The van der Waals surface area contributed by atoms with Crippen LogP contribution in [0, 0.1) is 5.41 Å². The quantitative estimate of drug-likeness (QED) is 0.331. The summed E-state index contributed by atoms with van der Waals surface area (Å²) in [6, 6.07) is 18.6. The molecule has 0 fully saturated rings. The molecule has 0 saturated heterocycles. The van der Waals surface area contributed by atoms with Gasteiger partial charge >= 0.3 is 5.70 Å². The predicted molar refractivity (Wildman–Crippen MR) is 90.0 cm³/mol. The summed E-state index contributed by atoms with van der Waals surface area (Å²) in [7, 11) is 0. The predicted octanol–water partition coefficient (Wildman–Crippen LogP) is 3.86. The lowest BCUT2D eigenvalue weighted by molar-refractivity contribution is -0.546. The molecule has 22 heavy (non-hydrogen) atoms. The maximum absolute atomic E-state index is 12.7. The van der Waals surface area contributed by atoms with E-state index in [0.29, 0.717) is 5.56 Å². The van der Waals surface area contributed by atoms with Gasteiger partial charge in [-0.1, -0.05) is 42.5 Å². The van der Waals surface area contributed by atoms with Crippen LogP contribution in [0.15, 0.2) is 71.3 Å². The number of hydrogen-bond acceptors (Lipinski definition) is 2. The van der Waals surface area contributed by atoms with E-state index in [1.165, 1.54) is 0 Å². The maximum Gasteiger partial charge on any atom is 0.321 e. The number of carbonyl (C=O) groups is 1. The molecule has 0 bridgehead atoms. The number of benzene rings is 2. The molecule has 1 heterocycles. The van der Waals surface area contributed by atoms with E-state index in [1.54, 1.807) is 35.0 Å². The highest BCUT2D eigenvalue weighted by Gasteiger charge is 2.25. The van der Waals surface area contributed by atoms with Crippen LogP contribution >= 0.6 is 15.9 Å². The summed E-state index contributed by atoms with van der Waals surface area (Å²) < 4.78 is 2.53. The van der Waals surface area contributed by atoms with Gasteiger partial charge < -0.3 is 0 Å². The number of fused-ring (bicyclic) bond motifs is 1. The zero-order valence-electron chi connectivity index (χ0n) is 11.6. The van der Waals surface area contributed by atoms with Gasteiger partial charge in [0.05, 0.1) is 10.3 Å². The van der Waals surface area contributed by atoms with Gasteiger partial charge in [-0.2, -0.15) is 0 Å². The minimum absolute atomic E-state index is 0.184. The fourth-order valence-electron chi connectivity index (χ4n) is 2.35. The molecule has 4 heteroatoms. The van der Waals surface area contributed by atoms with Crippen LogP contribution in [0.4, 0.5) is 0 Å². The number of hydrogen-bond donors (Lipinski definition) is 1. The molecule has 0 aliphatic rings. The summed E-state index contributed by atoms with van der Waals surface area (Å²) in [5.74, 6) is 2.06. The number of nitrogens with one attached hydrogen (secondary N) is 1. The fraction of sp³-hybridized carbons (Fsp3) is 0. The lowest BCUT2D eigenvalue weighted by atomic mass is 10.1. The number of rotatable bonds is 3. The van der Waals surface area contributed by atoms with Crippen molar-refractivity contribution in [3.63, 3.8) is 0 Å². The highest BCUT2D eigenvalue weighted by molar-refractivity contribution is 9.10. The molecule has 0 spiro atoms. The Hall–Kier alpha value is -2.55. The molecule has 0 aliphatic heterocycles. The Morgan fingerprint density at radius 3 is 2.45 bits per heavy atom.